The van der Waals surface area contributed by atoms with Crippen molar-refractivity contribution in [2.75, 3.05) is 24.1 Å². The van der Waals surface area contributed by atoms with E-state index in [1.54, 1.807) is 24.3 Å². The van der Waals surface area contributed by atoms with E-state index in [4.69, 9.17) is 16.3 Å². The summed E-state index contributed by atoms with van der Waals surface area (Å²) in [5.74, 6) is 0. The van der Waals surface area contributed by atoms with Crippen molar-refractivity contribution in [3.63, 3.8) is 0 Å². The minimum atomic E-state index is -3.34. The Morgan fingerprint density at radius 2 is 1.85 bits per heavy atom. The van der Waals surface area contributed by atoms with Crippen LogP contribution in [0.2, 0.25) is 5.02 Å². The fourth-order valence-corrected chi connectivity index (χ4v) is 4.49. The van der Waals surface area contributed by atoms with Crippen LogP contribution in [0.5, 0.6) is 0 Å². The average Bonchev–Trinajstić information content (AvgIpc) is 2.47. The summed E-state index contributed by atoms with van der Waals surface area (Å²) in [7, 11) is -3.34. The number of hydrogen-bond acceptors (Lipinski definition) is 3. The van der Waals surface area contributed by atoms with Crippen LogP contribution in [0.4, 0.5) is 5.69 Å². The van der Waals surface area contributed by atoms with Gasteiger partial charge in [0, 0.05) is 24.8 Å². The highest BCUT2D eigenvalue weighted by molar-refractivity contribution is 7.93. The van der Waals surface area contributed by atoms with Crippen LogP contribution in [0, 0.1) is 0 Å². The number of nitrogens with zero attached hydrogens (tertiary/aromatic N) is 1. The molecule has 1 aliphatic rings. The van der Waals surface area contributed by atoms with Crippen LogP contribution in [0.1, 0.15) is 26.2 Å². The number of benzene rings is 1. The summed E-state index contributed by atoms with van der Waals surface area (Å²) in [6, 6.07) is 6.96. The van der Waals surface area contributed by atoms with Crippen LogP contribution in [-0.4, -0.2) is 33.4 Å². The quantitative estimate of drug-likeness (QED) is 0.838. The van der Waals surface area contributed by atoms with Gasteiger partial charge >= 0.3 is 0 Å². The summed E-state index contributed by atoms with van der Waals surface area (Å²) < 4.78 is 32.4. The second kappa shape index (κ2) is 6.78. The lowest BCUT2D eigenvalue weighted by atomic mass is 10.2. The molecule has 0 N–H and O–H groups in total. The van der Waals surface area contributed by atoms with Gasteiger partial charge < -0.3 is 4.74 Å². The Morgan fingerprint density at radius 1 is 1.25 bits per heavy atom. The highest BCUT2D eigenvalue weighted by Crippen LogP contribution is 2.26. The lowest BCUT2D eigenvalue weighted by Gasteiger charge is -2.31. The van der Waals surface area contributed by atoms with Gasteiger partial charge in [0.25, 0.3) is 0 Å². The molecule has 1 fully saturated rings. The van der Waals surface area contributed by atoms with Crippen LogP contribution in [0.3, 0.4) is 0 Å². The first-order valence-corrected chi connectivity index (χ1v) is 8.78. The van der Waals surface area contributed by atoms with Gasteiger partial charge in [0.1, 0.15) is 0 Å². The molecule has 0 bridgehead atoms. The Kier molecular flexibility index (Phi) is 5.29. The second-order valence-corrected chi connectivity index (χ2v) is 7.48. The van der Waals surface area contributed by atoms with E-state index in [0.717, 1.165) is 6.42 Å². The maximum absolute atomic E-state index is 12.8. The summed E-state index contributed by atoms with van der Waals surface area (Å²) in [6.07, 6.45) is 1.90. The third-order valence-corrected chi connectivity index (χ3v) is 6.01. The smallest absolute Gasteiger partial charge is 0.238 e. The lowest BCUT2D eigenvalue weighted by molar-refractivity contribution is 0.0983. The standard InChI is InChI=1S/C14H20ClNO3S/c1-2-9-16(13-5-3-12(15)4-6-13)20(17,18)14-7-10-19-11-8-14/h3-6,14H,2,7-11H2,1H3. The van der Waals surface area contributed by atoms with Crippen LogP contribution >= 0.6 is 11.6 Å². The van der Waals surface area contributed by atoms with Crippen LogP contribution < -0.4 is 4.31 Å². The predicted molar refractivity (Wildman–Crippen MR) is 81.8 cm³/mol. The van der Waals surface area contributed by atoms with E-state index in [0.29, 0.717) is 43.3 Å². The molecule has 0 aromatic heterocycles. The van der Waals surface area contributed by atoms with Crippen LogP contribution in [-0.2, 0) is 14.8 Å². The van der Waals surface area contributed by atoms with E-state index in [2.05, 4.69) is 0 Å². The van der Waals surface area contributed by atoms with E-state index >= 15 is 0 Å². The molecule has 1 aromatic carbocycles. The number of sulfonamides is 1. The Hall–Kier alpha value is -0.780. The Balaban J connectivity index is 2.28. The molecule has 1 aliphatic heterocycles. The minimum absolute atomic E-state index is 0.349. The zero-order chi connectivity index (χ0) is 14.6. The molecule has 1 heterocycles. The fraction of sp³-hybridized carbons (Fsp3) is 0.571. The van der Waals surface area contributed by atoms with Crippen LogP contribution in [0.15, 0.2) is 24.3 Å². The van der Waals surface area contributed by atoms with E-state index in [9.17, 15) is 8.42 Å². The predicted octanol–water partition coefficient (Wildman–Crippen LogP) is 3.07. The second-order valence-electron chi connectivity index (χ2n) is 4.91. The van der Waals surface area contributed by atoms with Gasteiger partial charge in [0.15, 0.2) is 0 Å². The monoisotopic (exact) mass is 317 g/mol. The number of ether oxygens (including phenoxy) is 1. The number of halogens is 1. The molecule has 0 aliphatic carbocycles. The van der Waals surface area contributed by atoms with Crippen molar-refractivity contribution in [2.24, 2.45) is 0 Å². The van der Waals surface area contributed by atoms with Crippen LogP contribution in [0.25, 0.3) is 0 Å². The lowest BCUT2D eigenvalue weighted by Crippen LogP contribution is -2.42. The summed E-state index contributed by atoms with van der Waals surface area (Å²) in [4.78, 5) is 0. The molecule has 6 heteroatoms. The average molecular weight is 318 g/mol. The molecule has 0 amide bonds. The molecule has 0 unspecified atom stereocenters. The van der Waals surface area contributed by atoms with Crippen molar-refractivity contribution in [1.29, 1.82) is 0 Å². The Morgan fingerprint density at radius 3 is 2.40 bits per heavy atom. The number of rotatable bonds is 5. The van der Waals surface area contributed by atoms with Crippen molar-refractivity contribution in [3.8, 4) is 0 Å². The highest BCUT2D eigenvalue weighted by atomic mass is 35.5. The fourth-order valence-electron chi connectivity index (χ4n) is 2.37. The van der Waals surface area contributed by atoms with Gasteiger partial charge in [-0.1, -0.05) is 18.5 Å². The van der Waals surface area contributed by atoms with Gasteiger partial charge in [-0.3, -0.25) is 4.31 Å². The van der Waals surface area contributed by atoms with Gasteiger partial charge in [0.05, 0.1) is 10.9 Å². The first-order valence-electron chi connectivity index (χ1n) is 6.90. The number of hydrogen-bond donors (Lipinski definition) is 0. The van der Waals surface area contributed by atoms with Crippen molar-refractivity contribution in [2.45, 2.75) is 31.4 Å². The normalized spacial score (nSPS) is 17.1. The minimum Gasteiger partial charge on any atom is -0.381 e. The number of anilines is 1. The van der Waals surface area contributed by atoms with Gasteiger partial charge in [0.2, 0.25) is 10.0 Å². The van der Waals surface area contributed by atoms with E-state index in [1.165, 1.54) is 4.31 Å². The van der Waals surface area contributed by atoms with E-state index in [1.807, 2.05) is 6.92 Å². The summed E-state index contributed by atoms with van der Waals surface area (Å²) >= 11 is 5.87. The molecular weight excluding hydrogens is 298 g/mol. The summed E-state index contributed by atoms with van der Waals surface area (Å²) in [5.41, 5.74) is 0.683. The molecule has 0 saturated carbocycles. The summed E-state index contributed by atoms with van der Waals surface area (Å²) in [5, 5.41) is 0.257. The zero-order valence-corrected chi connectivity index (χ0v) is 13.2. The topological polar surface area (TPSA) is 46.6 Å². The van der Waals surface area contributed by atoms with Gasteiger partial charge in [-0.25, -0.2) is 8.42 Å². The van der Waals surface area contributed by atoms with Crippen molar-refractivity contribution >= 4 is 27.3 Å². The Labute approximate surface area is 125 Å². The zero-order valence-electron chi connectivity index (χ0n) is 11.6. The maximum Gasteiger partial charge on any atom is 0.238 e. The molecule has 0 radical (unpaired) electrons. The largest absolute Gasteiger partial charge is 0.381 e. The van der Waals surface area contributed by atoms with Gasteiger partial charge in [-0.15, -0.1) is 0 Å². The molecule has 112 valence electrons. The molecule has 4 nitrogen and oxygen atoms in total. The SMILES string of the molecule is CCCN(c1ccc(Cl)cc1)S(=O)(=O)C1CCOCC1. The highest BCUT2D eigenvalue weighted by Gasteiger charge is 2.33. The molecular formula is C14H20ClNO3S. The molecule has 1 aromatic rings. The van der Waals surface area contributed by atoms with Gasteiger partial charge in [-0.2, -0.15) is 0 Å². The van der Waals surface area contributed by atoms with E-state index < -0.39 is 10.0 Å². The first kappa shape index (κ1) is 15.6. The van der Waals surface area contributed by atoms with Gasteiger partial charge in [-0.05, 0) is 43.5 Å². The molecule has 0 spiro atoms. The molecule has 1 saturated heterocycles. The summed E-state index contributed by atoms with van der Waals surface area (Å²) in [6.45, 7) is 3.50. The van der Waals surface area contributed by atoms with E-state index in [-0.39, 0.29) is 5.25 Å². The van der Waals surface area contributed by atoms with Crippen molar-refractivity contribution in [1.82, 2.24) is 0 Å². The maximum atomic E-state index is 12.8. The molecule has 20 heavy (non-hydrogen) atoms. The third kappa shape index (κ3) is 3.45. The van der Waals surface area contributed by atoms with Crippen molar-refractivity contribution < 1.29 is 13.2 Å². The van der Waals surface area contributed by atoms with Crippen molar-refractivity contribution in [3.05, 3.63) is 29.3 Å². The Bertz CT molecular complexity index is 524. The third-order valence-electron chi connectivity index (χ3n) is 3.44. The molecule has 2 rings (SSSR count). The first-order chi connectivity index (χ1) is 9.55. The molecule has 0 atom stereocenters.